The van der Waals surface area contributed by atoms with Gasteiger partial charge in [0.15, 0.2) is 0 Å². The molecule has 3 rings (SSSR count). The lowest BCUT2D eigenvalue weighted by molar-refractivity contribution is 0.0922. The van der Waals surface area contributed by atoms with Gasteiger partial charge in [-0.2, -0.15) is 0 Å². The van der Waals surface area contributed by atoms with Crippen LogP contribution in [0, 0.1) is 5.41 Å². The van der Waals surface area contributed by atoms with Crippen molar-refractivity contribution in [2.45, 2.75) is 39.2 Å². The van der Waals surface area contributed by atoms with Crippen molar-refractivity contribution in [2.75, 3.05) is 32.7 Å². The summed E-state index contributed by atoms with van der Waals surface area (Å²) in [6.07, 6.45) is 4.85. The van der Waals surface area contributed by atoms with Gasteiger partial charge in [0.2, 0.25) is 0 Å². The van der Waals surface area contributed by atoms with Crippen molar-refractivity contribution in [1.82, 2.24) is 15.5 Å². The van der Waals surface area contributed by atoms with Gasteiger partial charge in [0.1, 0.15) is 0 Å². The maximum Gasteiger partial charge on any atom is 0.251 e. The van der Waals surface area contributed by atoms with Crippen LogP contribution in [-0.4, -0.2) is 43.5 Å². The van der Waals surface area contributed by atoms with Crippen molar-refractivity contribution >= 4 is 5.91 Å². The van der Waals surface area contributed by atoms with Crippen LogP contribution in [0.5, 0.6) is 0 Å². The van der Waals surface area contributed by atoms with E-state index >= 15 is 0 Å². The summed E-state index contributed by atoms with van der Waals surface area (Å²) in [4.78, 5) is 14.9. The van der Waals surface area contributed by atoms with Crippen LogP contribution < -0.4 is 10.6 Å². The summed E-state index contributed by atoms with van der Waals surface area (Å²) in [7, 11) is 0. The van der Waals surface area contributed by atoms with Gasteiger partial charge in [-0.1, -0.05) is 19.1 Å². The van der Waals surface area contributed by atoms with E-state index in [0.29, 0.717) is 0 Å². The standard InChI is InChI=1S/C19H29N3O/c1-19(7-9-20-10-8-19)15-21-18(23)17-6-4-5-16(13-17)14-22-11-2-3-12-22/h4-6,13,20H,2-3,7-12,14-15H2,1H3,(H,21,23). The summed E-state index contributed by atoms with van der Waals surface area (Å²) in [6, 6.07) is 8.11. The lowest BCUT2D eigenvalue weighted by Gasteiger charge is -2.34. The zero-order valence-corrected chi connectivity index (χ0v) is 14.2. The molecule has 126 valence electrons. The SMILES string of the molecule is CC1(CNC(=O)c2cccc(CN3CCCC3)c2)CCNCC1. The van der Waals surface area contributed by atoms with Crippen LogP contribution in [0.25, 0.3) is 0 Å². The van der Waals surface area contributed by atoms with Gasteiger partial charge in [-0.05, 0) is 75.0 Å². The molecule has 1 aromatic carbocycles. The van der Waals surface area contributed by atoms with Gasteiger partial charge in [-0.25, -0.2) is 0 Å². The van der Waals surface area contributed by atoms with E-state index in [2.05, 4.69) is 34.6 Å². The molecular formula is C19H29N3O. The number of piperidine rings is 1. The Morgan fingerprint density at radius 1 is 1.26 bits per heavy atom. The molecule has 2 aliphatic rings. The Balaban J connectivity index is 1.56. The third kappa shape index (κ3) is 4.55. The Labute approximate surface area is 139 Å². The molecule has 0 radical (unpaired) electrons. The fourth-order valence-electron chi connectivity index (χ4n) is 3.61. The van der Waals surface area contributed by atoms with Crippen molar-refractivity contribution < 1.29 is 4.79 Å². The van der Waals surface area contributed by atoms with Crippen LogP contribution in [-0.2, 0) is 6.54 Å². The zero-order chi connectivity index (χ0) is 16.1. The summed E-state index contributed by atoms with van der Waals surface area (Å²) < 4.78 is 0. The molecule has 2 saturated heterocycles. The number of nitrogens with zero attached hydrogens (tertiary/aromatic N) is 1. The molecule has 4 nitrogen and oxygen atoms in total. The number of rotatable bonds is 5. The number of likely N-dealkylation sites (tertiary alicyclic amines) is 1. The number of benzene rings is 1. The Morgan fingerprint density at radius 2 is 2.00 bits per heavy atom. The fraction of sp³-hybridized carbons (Fsp3) is 0.632. The highest BCUT2D eigenvalue weighted by Crippen LogP contribution is 2.26. The summed E-state index contributed by atoms with van der Waals surface area (Å²) in [5.74, 6) is 0.0630. The molecule has 2 aliphatic heterocycles. The number of carbonyl (C=O) groups is 1. The highest BCUT2D eigenvalue weighted by Gasteiger charge is 2.27. The minimum Gasteiger partial charge on any atom is -0.351 e. The summed E-state index contributed by atoms with van der Waals surface area (Å²) >= 11 is 0. The quantitative estimate of drug-likeness (QED) is 0.877. The molecule has 0 atom stereocenters. The van der Waals surface area contributed by atoms with E-state index in [1.807, 2.05) is 12.1 Å². The van der Waals surface area contributed by atoms with Gasteiger partial charge in [0.05, 0.1) is 0 Å². The fourth-order valence-corrected chi connectivity index (χ4v) is 3.61. The molecule has 2 N–H and O–H groups in total. The van der Waals surface area contributed by atoms with Gasteiger partial charge < -0.3 is 10.6 Å². The molecule has 0 bridgehead atoms. The number of hydrogen-bond acceptors (Lipinski definition) is 3. The van der Waals surface area contributed by atoms with Crippen molar-refractivity contribution in [2.24, 2.45) is 5.41 Å². The van der Waals surface area contributed by atoms with Gasteiger partial charge in [0.25, 0.3) is 5.91 Å². The molecular weight excluding hydrogens is 286 g/mol. The molecule has 0 aliphatic carbocycles. The Bertz CT molecular complexity index is 531. The zero-order valence-electron chi connectivity index (χ0n) is 14.2. The lowest BCUT2D eigenvalue weighted by atomic mass is 9.81. The Morgan fingerprint density at radius 3 is 2.74 bits per heavy atom. The molecule has 2 heterocycles. The Hall–Kier alpha value is -1.39. The normalized spacial score (nSPS) is 21.3. The molecule has 0 saturated carbocycles. The molecule has 1 aromatic rings. The summed E-state index contributed by atoms with van der Waals surface area (Å²) in [5.41, 5.74) is 2.26. The largest absolute Gasteiger partial charge is 0.351 e. The molecule has 2 fully saturated rings. The minimum atomic E-state index is 0.0630. The molecule has 1 amide bonds. The van der Waals surface area contributed by atoms with Crippen LogP contribution in [0.15, 0.2) is 24.3 Å². The van der Waals surface area contributed by atoms with E-state index in [9.17, 15) is 4.79 Å². The highest BCUT2D eigenvalue weighted by molar-refractivity contribution is 5.94. The van der Waals surface area contributed by atoms with E-state index in [-0.39, 0.29) is 11.3 Å². The molecule has 0 aromatic heterocycles. The molecule has 0 spiro atoms. The third-order valence-corrected chi connectivity index (χ3v) is 5.28. The third-order valence-electron chi connectivity index (χ3n) is 5.28. The first-order valence-corrected chi connectivity index (χ1v) is 8.95. The van der Waals surface area contributed by atoms with Crippen LogP contribution in [0.2, 0.25) is 0 Å². The van der Waals surface area contributed by atoms with Gasteiger partial charge in [-0.15, -0.1) is 0 Å². The summed E-state index contributed by atoms with van der Waals surface area (Å²) in [6.45, 7) is 8.48. The second-order valence-corrected chi connectivity index (χ2v) is 7.43. The maximum atomic E-state index is 12.5. The van der Waals surface area contributed by atoms with Crippen molar-refractivity contribution in [3.05, 3.63) is 35.4 Å². The number of carbonyl (C=O) groups excluding carboxylic acids is 1. The molecule has 23 heavy (non-hydrogen) atoms. The average molecular weight is 315 g/mol. The minimum absolute atomic E-state index is 0.0630. The van der Waals surface area contributed by atoms with E-state index in [0.717, 1.165) is 44.6 Å². The van der Waals surface area contributed by atoms with Crippen LogP contribution in [0.3, 0.4) is 0 Å². The van der Waals surface area contributed by atoms with Crippen molar-refractivity contribution in [3.8, 4) is 0 Å². The first kappa shape index (κ1) is 16.5. The first-order valence-electron chi connectivity index (χ1n) is 8.95. The highest BCUT2D eigenvalue weighted by atomic mass is 16.1. The predicted octanol–water partition coefficient (Wildman–Crippen LogP) is 2.40. The monoisotopic (exact) mass is 315 g/mol. The predicted molar refractivity (Wildman–Crippen MR) is 93.5 cm³/mol. The lowest BCUT2D eigenvalue weighted by Crippen LogP contribution is -2.42. The second kappa shape index (κ2) is 7.45. The van der Waals surface area contributed by atoms with Gasteiger partial charge in [-0.3, -0.25) is 9.69 Å². The average Bonchev–Trinajstić information content (AvgIpc) is 3.07. The van der Waals surface area contributed by atoms with Crippen LogP contribution >= 0.6 is 0 Å². The van der Waals surface area contributed by atoms with Crippen molar-refractivity contribution in [3.63, 3.8) is 0 Å². The first-order chi connectivity index (χ1) is 11.1. The molecule has 4 heteroatoms. The number of amides is 1. The van der Waals surface area contributed by atoms with Crippen LogP contribution in [0.1, 0.15) is 48.5 Å². The number of hydrogen-bond donors (Lipinski definition) is 2. The molecule has 0 unspecified atom stereocenters. The van der Waals surface area contributed by atoms with Gasteiger partial charge in [0, 0.05) is 18.7 Å². The maximum absolute atomic E-state index is 12.5. The second-order valence-electron chi connectivity index (χ2n) is 7.43. The van der Waals surface area contributed by atoms with E-state index < -0.39 is 0 Å². The smallest absolute Gasteiger partial charge is 0.251 e. The topological polar surface area (TPSA) is 44.4 Å². The Kier molecular flexibility index (Phi) is 5.34. The van der Waals surface area contributed by atoms with E-state index in [1.54, 1.807) is 0 Å². The van der Waals surface area contributed by atoms with Gasteiger partial charge >= 0.3 is 0 Å². The number of nitrogens with one attached hydrogen (secondary N) is 2. The van der Waals surface area contributed by atoms with E-state index in [4.69, 9.17) is 0 Å². The van der Waals surface area contributed by atoms with E-state index in [1.165, 1.54) is 31.5 Å². The van der Waals surface area contributed by atoms with Crippen molar-refractivity contribution in [1.29, 1.82) is 0 Å². The summed E-state index contributed by atoms with van der Waals surface area (Å²) in [5, 5.41) is 6.53. The van der Waals surface area contributed by atoms with Crippen LogP contribution in [0.4, 0.5) is 0 Å².